The number of urea groups is 1. The van der Waals surface area contributed by atoms with Gasteiger partial charge in [-0.2, -0.15) is 0 Å². The second kappa shape index (κ2) is 9.50. The molecule has 0 bridgehead atoms. The first-order chi connectivity index (χ1) is 13.6. The molecular formula is C18H18ClN3O6S. The van der Waals surface area contributed by atoms with Gasteiger partial charge >= 0.3 is 12.0 Å². The highest BCUT2D eigenvalue weighted by Gasteiger charge is 2.23. The molecule has 0 fully saturated rings. The molecule has 29 heavy (non-hydrogen) atoms. The van der Waals surface area contributed by atoms with Crippen LogP contribution in [0.25, 0.3) is 0 Å². The number of esters is 1. The molecule has 9 nitrogen and oxygen atoms in total. The van der Waals surface area contributed by atoms with Crippen LogP contribution >= 0.6 is 11.6 Å². The Labute approximate surface area is 172 Å². The van der Waals surface area contributed by atoms with Gasteiger partial charge in [0, 0.05) is 6.54 Å². The van der Waals surface area contributed by atoms with Gasteiger partial charge in [0.15, 0.2) is 6.10 Å². The molecule has 0 heterocycles. The van der Waals surface area contributed by atoms with Crippen molar-refractivity contribution in [2.24, 2.45) is 5.73 Å². The first-order valence-corrected chi connectivity index (χ1v) is 10.1. The Hall–Kier alpha value is -2.95. The molecule has 3 amide bonds. The maximum absolute atomic E-state index is 12.6. The number of ether oxygens (including phenoxy) is 1. The lowest BCUT2D eigenvalue weighted by molar-refractivity contribution is -0.127. The third-order valence-electron chi connectivity index (χ3n) is 3.67. The van der Waals surface area contributed by atoms with Gasteiger partial charge in [0.1, 0.15) is 4.90 Å². The van der Waals surface area contributed by atoms with Gasteiger partial charge in [0.25, 0.3) is 5.91 Å². The standard InChI is InChI=1S/C18H18ClN3O6S/c1-11(16(23)22-18(20)25)28-17(24)13-7-8-14(19)15(9-13)29(26,27)21-10-12-5-3-2-4-6-12/h2-9,11,21H,10H2,1H3,(H3,20,22,23,25). The quantitative estimate of drug-likeness (QED) is 0.558. The van der Waals surface area contributed by atoms with Crippen LogP contribution < -0.4 is 15.8 Å². The molecule has 0 spiro atoms. The van der Waals surface area contributed by atoms with E-state index < -0.39 is 34.0 Å². The fraction of sp³-hybridized carbons (Fsp3) is 0.167. The van der Waals surface area contributed by atoms with Crippen LogP contribution in [-0.4, -0.2) is 32.4 Å². The number of nitrogens with one attached hydrogen (secondary N) is 2. The maximum Gasteiger partial charge on any atom is 0.338 e. The van der Waals surface area contributed by atoms with Crippen molar-refractivity contribution in [1.82, 2.24) is 10.0 Å². The highest BCUT2D eigenvalue weighted by atomic mass is 35.5. The number of rotatable bonds is 7. The number of hydrogen-bond acceptors (Lipinski definition) is 6. The van der Waals surface area contributed by atoms with Gasteiger partial charge in [-0.1, -0.05) is 41.9 Å². The summed E-state index contributed by atoms with van der Waals surface area (Å²) in [5.41, 5.74) is 5.42. The SMILES string of the molecule is CC(OC(=O)c1ccc(Cl)c(S(=O)(=O)NCc2ccccc2)c1)C(=O)NC(N)=O. The average Bonchev–Trinajstić information content (AvgIpc) is 2.66. The van der Waals surface area contributed by atoms with Gasteiger partial charge in [-0.3, -0.25) is 10.1 Å². The molecular weight excluding hydrogens is 422 g/mol. The molecule has 154 valence electrons. The van der Waals surface area contributed by atoms with Crippen LogP contribution in [-0.2, 0) is 26.1 Å². The Kier molecular flexibility index (Phi) is 7.32. The smallest absolute Gasteiger partial charge is 0.338 e. The highest BCUT2D eigenvalue weighted by Crippen LogP contribution is 2.23. The number of sulfonamides is 1. The van der Waals surface area contributed by atoms with Gasteiger partial charge in [0.05, 0.1) is 10.6 Å². The molecule has 2 aromatic carbocycles. The van der Waals surface area contributed by atoms with E-state index in [-0.39, 0.29) is 22.0 Å². The predicted molar refractivity (Wildman–Crippen MR) is 105 cm³/mol. The van der Waals surface area contributed by atoms with Crippen LogP contribution in [0.2, 0.25) is 5.02 Å². The summed E-state index contributed by atoms with van der Waals surface area (Å²) in [6.45, 7) is 1.25. The van der Waals surface area contributed by atoms with E-state index >= 15 is 0 Å². The van der Waals surface area contributed by atoms with Gasteiger partial charge in [-0.25, -0.2) is 22.7 Å². The Morgan fingerprint density at radius 3 is 2.41 bits per heavy atom. The Morgan fingerprint density at radius 1 is 1.14 bits per heavy atom. The monoisotopic (exact) mass is 439 g/mol. The molecule has 1 unspecified atom stereocenters. The van der Waals surface area contributed by atoms with E-state index in [1.807, 2.05) is 0 Å². The number of halogens is 1. The normalized spacial score (nSPS) is 12.1. The topological polar surface area (TPSA) is 145 Å². The fourth-order valence-electron chi connectivity index (χ4n) is 2.19. The predicted octanol–water partition coefficient (Wildman–Crippen LogP) is 1.56. The molecule has 0 aromatic heterocycles. The van der Waals surface area contributed by atoms with Crippen LogP contribution in [0.4, 0.5) is 4.79 Å². The Balaban J connectivity index is 2.16. The average molecular weight is 440 g/mol. The highest BCUT2D eigenvalue weighted by molar-refractivity contribution is 7.89. The summed E-state index contributed by atoms with van der Waals surface area (Å²) in [6.07, 6.45) is -1.33. The first kappa shape index (κ1) is 22.3. The van der Waals surface area contributed by atoms with Crippen molar-refractivity contribution in [3.63, 3.8) is 0 Å². The van der Waals surface area contributed by atoms with E-state index in [1.54, 1.807) is 35.6 Å². The number of nitrogens with two attached hydrogens (primary N) is 1. The lowest BCUT2D eigenvalue weighted by Crippen LogP contribution is -2.42. The van der Waals surface area contributed by atoms with Gasteiger partial charge < -0.3 is 10.5 Å². The van der Waals surface area contributed by atoms with E-state index in [2.05, 4.69) is 4.72 Å². The number of hydrogen-bond donors (Lipinski definition) is 3. The van der Waals surface area contributed by atoms with Crippen LogP contribution in [0.3, 0.4) is 0 Å². The molecule has 1 atom stereocenters. The van der Waals surface area contributed by atoms with E-state index in [0.717, 1.165) is 11.6 Å². The van der Waals surface area contributed by atoms with Crippen molar-refractivity contribution in [3.05, 3.63) is 64.7 Å². The van der Waals surface area contributed by atoms with Gasteiger partial charge in [-0.15, -0.1) is 0 Å². The zero-order chi connectivity index (χ0) is 21.6. The molecule has 0 aliphatic heterocycles. The molecule has 2 aromatic rings. The van der Waals surface area contributed by atoms with Crippen molar-refractivity contribution >= 4 is 39.5 Å². The van der Waals surface area contributed by atoms with Crippen molar-refractivity contribution in [2.75, 3.05) is 0 Å². The first-order valence-electron chi connectivity index (χ1n) is 8.24. The minimum absolute atomic E-state index is 0.0263. The molecule has 0 saturated heterocycles. The van der Waals surface area contributed by atoms with E-state index in [0.29, 0.717) is 0 Å². The van der Waals surface area contributed by atoms with Crippen LogP contribution in [0.5, 0.6) is 0 Å². The number of carbonyl (C=O) groups is 3. The van der Waals surface area contributed by atoms with Crippen molar-refractivity contribution < 1.29 is 27.5 Å². The van der Waals surface area contributed by atoms with Crippen LogP contribution in [0.15, 0.2) is 53.4 Å². The molecule has 4 N–H and O–H groups in total. The van der Waals surface area contributed by atoms with E-state index in [1.165, 1.54) is 19.1 Å². The summed E-state index contributed by atoms with van der Waals surface area (Å²) in [5, 5.41) is 1.68. The molecule has 0 aliphatic carbocycles. The summed E-state index contributed by atoms with van der Waals surface area (Å²) < 4.78 is 32.5. The van der Waals surface area contributed by atoms with Gasteiger partial charge in [-0.05, 0) is 30.7 Å². The molecule has 0 aliphatic rings. The van der Waals surface area contributed by atoms with Crippen LogP contribution in [0.1, 0.15) is 22.8 Å². The molecule has 0 radical (unpaired) electrons. The number of benzene rings is 2. The summed E-state index contributed by atoms with van der Waals surface area (Å²) in [6, 6.07) is 11.2. The largest absolute Gasteiger partial charge is 0.449 e. The summed E-state index contributed by atoms with van der Waals surface area (Å²) in [4.78, 5) is 34.2. The zero-order valence-corrected chi connectivity index (χ0v) is 16.8. The second-order valence-electron chi connectivity index (χ2n) is 5.86. The number of primary amides is 1. The number of imide groups is 1. The third-order valence-corrected chi connectivity index (χ3v) is 5.55. The number of carbonyl (C=O) groups excluding carboxylic acids is 3. The Morgan fingerprint density at radius 2 is 1.79 bits per heavy atom. The van der Waals surface area contributed by atoms with Crippen LogP contribution in [0, 0.1) is 0 Å². The van der Waals surface area contributed by atoms with Crippen molar-refractivity contribution in [2.45, 2.75) is 24.5 Å². The minimum atomic E-state index is -4.04. The number of amides is 3. The van der Waals surface area contributed by atoms with Crippen molar-refractivity contribution in [1.29, 1.82) is 0 Å². The molecule has 2 rings (SSSR count). The fourth-order valence-corrected chi connectivity index (χ4v) is 3.73. The molecule has 11 heteroatoms. The zero-order valence-electron chi connectivity index (χ0n) is 15.2. The van der Waals surface area contributed by atoms with Crippen molar-refractivity contribution in [3.8, 4) is 0 Å². The maximum atomic E-state index is 12.6. The summed E-state index contributed by atoms with van der Waals surface area (Å²) in [5.74, 6) is -1.90. The molecule has 0 saturated carbocycles. The van der Waals surface area contributed by atoms with E-state index in [4.69, 9.17) is 22.1 Å². The summed E-state index contributed by atoms with van der Waals surface area (Å²) in [7, 11) is -4.04. The second-order valence-corrected chi connectivity index (χ2v) is 8.00. The Bertz CT molecular complexity index is 1030. The third kappa shape index (κ3) is 6.28. The summed E-state index contributed by atoms with van der Waals surface area (Å²) >= 11 is 5.99. The van der Waals surface area contributed by atoms with Gasteiger partial charge in [0.2, 0.25) is 10.0 Å². The lowest BCUT2D eigenvalue weighted by Gasteiger charge is -2.13. The van der Waals surface area contributed by atoms with E-state index in [9.17, 15) is 22.8 Å². The minimum Gasteiger partial charge on any atom is -0.449 e. The lowest BCUT2D eigenvalue weighted by atomic mass is 10.2.